The third kappa shape index (κ3) is 7.94. The topological polar surface area (TPSA) is 281 Å². The largest absolute Gasteiger partial charge is 0.489 e. The Hall–Kier alpha value is -4.83. The van der Waals surface area contributed by atoms with Crippen LogP contribution in [0.1, 0.15) is 26.0 Å². The van der Waals surface area contributed by atoms with Crippen LogP contribution in [0.25, 0.3) is 11.1 Å². The van der Waals surface area contributed by atoms with E-state index in [0.29, 0.717) is 29.7 Å². The molecule has 0 unspecified atom stereocenters. The number of nitrogens with one attached hydrogen (secondary N) is 1. The molecule has 2 aromatic heterocycles. The van der Waals surface area contributed by atoms with E-state index < -0.39 is 58.2 Å². The van der Waals surface area contributed by atoms with Gasteiger partial charge in [-0.15, -0.1) is 25.0 Å². The molecule has 0 bridgehead atoms. The number of anilines is 2. The summed E-state index contributed by atoms with van der Waals surface area (Å²) in [5, 5.41) is 17.6. The number of thiazole rings is 1. The number of benzene rings is 1. The van der Waals surface area contributed by atoms with Gasteiger partial charge in [0.25, 0.3) is 17.9 Å². The number of hydrogen-bond acceptors (Lipinski definition) is 14. The average molecular weight is 697 g/mol. The molecule has 1 fully saturated rings. The molecule has 0 aliphatic carbocycles. The highest BCUT2D eigenvalue weighted by Crippen LogP contribution is 2.33. The predicted molar refractivity (Wildman–Crippen MR) is 166 cm³/mol. The van der Waals surface area contributed by atoms with Gasteiger partial charge in [-0.3, -0.25) is 14.1 Å². The Morgan fingerprint density at radius 1 is 1.26 bits per heavy atom. The number of carbonyl (C=O) groups excluding carboxylic acids is 2. The highest BCUT2D eigenvalue weighted by atomic mass is 32.3. The summed E-state index contributed by atoms with van der Waals surface area (Å²) < 4.78 is 44.8. The van der Waals surface area contributed by atoms with Crippen LogP contribution in [0.5, 0.6) is 5.75 Å². The lowest BCUT2D eigenvalue weighted by Crippen LogP contribution is -2.76. The van der Waals surface area contributed by atoms with Crippen LogP contribution in [0.15, 0.2) is 41.0 Å². The Morgan fingerprint density at radius 3 is 2.49 bits per heavy atom. The third-order valence-electron chi connectivity index (χ3n) is 7.04. The third-order valence-corrected chi connectivity index (χ3v) is 8.05. The SMILES string of the molecule is C[n+]1cc(-c2ccc(OC[C@H](O/N=C(\C(=O)N[C@@H]3C(=O)N(OS(=O)(=O)O)C3(C)C)c3csc(N)n3)C(=O)O)cc2)c(N)n1CCCN. The van der Waals surface area contributed by atoms with E-state index in [1.807, 2.05) is 22.6 Å². The fourth-order valence-corrected chi connectivity index (χ4v) is 5.56. The lowest BCUT2D eigenvalue weighted by molar-refractivity contribution is -0.752. The van der Waals surface area contributed by atoms with Crippen molar-refractivity contribution in [3.05, 3.63) is 41.5 Å². The van der Waals surface area contributed by atoms with Crippen molar-refractivity contribution in [2.45, 2.75) is 44.5 Å². The van der Waals surface area contributed by atoms with Gasteiger partial charge in [0.05, 0.1) is 17.6 Å². The van der Waals surface area contributed by atoms with Gasteiger partial charge < -0.3 is 37.2 Å². The second-order valence-corrected chi connectivity index (χ2v) is 12.6. The quantitative estimate of drug-likeness (QED) is 0.0367. The number of nitrogen functional groups attached to an aromatic ring is 2. The zero-order valence-electron chi connectivity index (χ0n) is 25.4. The van der Waals surface area contributed by atoms with E-state index in [-0.39, 0.29) is 10.8 Å². The number of carboxylic acid groups (broad SMARTS) is 1. The molecule has 0 radical (unpaired) electrons. The maximum atomic E-state index is 13.2. The summed E-state index contributed by atoms with van der Waals surface area (Å²) in [4.78, 5) is 46.9. The molecule has 2 atom stereocenters. The molecule has 254 valence electrons. The maximum absolute atomic E-state index is 13.2. The van der Waals surface area contributed by atoms with Crippen molar-refractivity contribution in [2.75, 3.05) is 24.6 Å². The lowest BCUT2D eigenvalue weighted by Gasteiger charge is -2.50. The van der Waals surface area contributed by atoms with E-state index in [0.717, 1.165) is 28.9 Å². The molecule has 2 amide bonds. The van der Waals surface area contributed by atoms with Crippen LogP contribution in [0.2, 0.25) is 0 Å². The van der Waals surface area contributed by atoms with Gasteiger partial charge in [0.15, 0.2) is 23.7 Å². The monoisotopic (exact) mass is 696 g/mol. The van der Waals surface area contributed by atoms with Gasteiger partial charge in [0.1, 0.15) is 24.1 Å². The first-order chi connectivity index (χ1) is 22.0. The molecule has 21 heteroatoms. The van der Waals surface area contributed by atoms with E-state index >= 15 is 0 Å². The van der Waals surface area contributed by atoms with Crippen molar-refractivity contribution in [1.29, 1.82) is 0 Å². The molecule has 1 aliphatic heterocycles. The minimum absolute atomic E-state index is 0.0532. The molecule has 3 heterocycles. The van der Waals surface area contributed by atoms with Crippen LogP contribution in [0.3, 0.4) is 0 Å². The average Bonchev–Trinajstić information content (AvgIpc) is 3.56. The second-order valence-electron chi connectivity index (χ2n) is 10.7. The summed E-state index contributed by atoms with van der Waals surface area (Å²) >= 11 is 0.954. The first kappa shape index (κ1) is 35.0. The van der Waals surface area contributed by atoms with E-state index in [1.54, 1.807) is 24.3 Å². The molecule has 0 spiro atoms. The first-order valence-electron chi connectivity index (χ1n) is 13.8. The Labute approximate surface area is 272 Å². The summed E-state index contributed by atoms with van der Waals surface area (Å²) in [6.45, 7) is 3.37. The van der Waals surface area contributed by atoms with Crippen molar-refractivity contribution >= 4 is 56.2 Å². The molecule has 4 rings (SSSR count). The number of ether oxygens (including phenoxy) is 1. The fraction of sp³-hybridized carbons (Fsp3) is 0.385. The minimum atomic E-state index is -5.02. The van der Waals surface area contributed by atoms with Crippen molar-refractivity contribution in [1.82, 2.24) is 20.0 Å². The number of rotatable bonds is 15. The van der Waals surface area contributed by atoms with Crippen LogP contribution in [-0.2, 0) is 47.5 Å². The fourth-order valence-electron chi connectivity index (χ4n) is 4.56. The number of aryl methyl sites for hydroxylation is 1. The van der Waals surface area contributed by atoms with Gasteiger partial charge in [0, 0.05) is 5.38 Å². The standard InChI is InChI=1S/C26H33N9O10S2/c1-26(2)20(23(37)35(26)45-47(40,41)42)31-22(36)19(17-13-46-25(29)30-17)32-44-18(24(38)39)12-43-15-7-5-14(6-8-15)16-11-33(3)34(21(16)28)10-4-9-27/h5-8,11,13,18,20,28H,4,9-10,12,27H2,1-3H3,(H5,29,30,31,36,38,39,40,41,42)/p+1/b32-19-/t18-,20+/m0/s1. The zero-order valence-corrected chi connectivity index (χ0v) is 27.0. The van der Waals surface area contributed by atoms with Gasteiger partial charge in [0.2, 0.25) is 6.20 Å². The van der Waals surface area contributed by atoms with Crippen molar-refractivity contribution in [3.63, 3.8) is 0 Å². The number of nitrogens with two attached hydrogens (primary N) is 3. The number of aliphatic carboxylic acids is 1. The highest BCUT2D eigenvalue weighted by Gasteiger charge is 2.58. The second kappa shape index (κ2) is 13.9. The highest BCUT2D eigenvalue weighted by molar-refractivity contribution is 7.80. The number of aromatic nitrogens is 3. The number of hydroxylamine groups is 2. The Bertz CT molecular complexity index is 1790. The van der Waals surface area contributed by atoms with Crippen LogP contribution in [0, 0.1) is 0 Å². The number of carboxylic acids is 1. The van der Waals surface area contributed by atoms with Crippen LogP contribution in [-0.4, -0.2) is 87.1 Å². The molecule has 47 heavy (non-hydrogen) atoms. The molecule has 1 aromatic carbocycles. The predicted octanol–water partition coefficient (Wildman–Crippen LogP) is -0.958. The van der Waals surface area contributed by atoms with Gasteiger partial charge in [-0.1, -0.05) is 17.3 Å². The van der Waals surface area contributed by atoms with Crippen LogP contribution >= 0.6 is 11.3 Å². The van der Waals surface area contributed by atoms with E-state index in [1.165, 1.54) is 19.2 Å². The normalized spacial score (nSPS) is 16.8. The molecule has 19 nitrogen and oxygen atoms in total. The molecule has 1 aliphatic rings. The summed E-state index contributed by atoms with van der Waals surface area (Å²) in [7, 11) is -3.16. The minimum Gasteiger partial charge on any atom is -0.489 e. The van der Waals surface area contributed by atoms with Crippen molar-refractivity contribution in [3.8, 4) is 16.9 Å². The Morgan fingerprint density at radius 2 is 1.94 bits per heavy atom. The molecule has 0 saturated carbocycles. The number of carbonyl (C=O) groups is 3. The number of β-lactam (4-membered cyclic amide) rings is 1. The van der Waals surface area contributed by atoms with E-state index in [2.05, 4.69) is 19.7 Å². The van der Waals surface area contributed by atoms with Crippen LogP contribution in [0.4, 0.5) is 10.9 Å². The van der Waals surface area contributed by atoms with E-state index in [9.17, 15) is 27.9 Å². The maximum Gasteiger partial charge on any atom is 0.418 e. The molecular formula is C26H34N9O10S2+. The number of nitrogens with zero attached hydrogens (tertiary/aromatic N) is 5. The molecular weight excluding hydrogens is 662 g/mol. The summed E-state index contributed by atoms with van der Waals surface area (Å²) in [6.07, 6.45) is 0.940. The number of amides is 2. The Balaban J connectivity index is 1.46. The number of hydrogen-bond donors (Lipinski definition) is 6. The molecule has 1 saturated heterocycles. The lowest BCUT2D eigenvalue weighted by atomic mass is 9.84. The van der Waals surface area contributed by atoms with Gasteiger partial charge >= 0.3 is 16.4 Å². The van der Waals surface area contributed by atoms with Gasteiger partial charge in [-0.25, -0.2) is 9.78 Å². The van der Waals surface area contributed by atoms with E-state index in [4.69, 9.17) is 31.3 Å². The summed E-state index contributed by atoms with van der Waals surface area (Å²) in [6, 6.07) is 5.42. The first-order valence-corrected chi connectivity index (χ1v) is 16.1. The van der Waals surface area contributed by atoms with Gasteiger partial charge in [-0.05, 0) is 44.5 Å². The van der Waals surface area contributed by atoms with Crippen molar-refractivity contribution in [2.24, 2.45) is 17.9 Å². The molecule has 3 aromatic rings. The van der Waals surface area contributed by atoms with Crippen LogP contribution < -0.4 is 31.9 Å². The molecule has 9 N–H and O–H groups in total. The number of oxime groups is 1. The Kier molecular flexibility index (Phi) is 10.3. The van der Waals surface area contributed by atoms with Gasteiger partial charge in [-0.2, -0.15) is 13.5 Å². The summed E-state index contributed by atoms with van der Waals surface area (Å²) in [5.41, 5.74) is 17.2. The smallest absolute Gasteiger partial charge is 0.418 e. The van der Waals surface area contributed by atoms with Crippen molar-refractivity contribution < 1.29 is 51.0 Å². The zero-order chi connectivity index (χ0) is 34.7. The summed E-state index contributed by atoms with van der Waals surface area (Å²) in [5.74, 6) is -2.62.